The van der Waals surface area contributed by atoms with E-state index in [9.17, 15) is 0 Å². The number of benzene rings is 1. The van der Waals surface area contributed by atoms with Gasteiger partial charge in [-0.3, -0.25) is 0 Å². The summed E-state index contributed by atoms with van der Waals surface area (Å²) in [5.41, 5.74) is 1.22. The van der Waals surface area contributed by atoms with E-state index in [-0.39, 0.29) is 0 Å². The molecule has 0 saturated heterocycles. The van der Waals surface area contributed by atoms with Crippen LogP contribution in [0.4, 0.5) is 0 Å². The summed E-state index contributed by atoms with van der Waals surface area (Å²) in [6.07, 6.45) is 2.12. The van der Waals surface area contributed by atoms with Crippen molar-refractivity contribution >= 4 is 10.9 Å². The molecule has 0 amide bonds. The number of aromatic nitrogens is 1. The highest BCUT2D eigenvalue weighted by atomic mass is 16.5. The lowest BCUT2D eigenvalue weighted by molar-refractivity contribution is 0.172. The van der Waals surface area contributed by atoms with Gasteiger partial charge in [0.15, 0.2) is 0 Å². The molecule has 0 spiro atoms. The summed E-state index contributed by atoms with van der Waals surface area (Å²) in [6.45, 7) is 7.43. The summed E-state index contributed by atoms with van der Waals surface area (Å²) in [6, 6.07) is 8.70. The van der Waals surface area contributed by atoms with Gasteiger partial charge in [0.1, 0.15) is 5.75 Å². The Hall–Kier alpha value is -1.52. The highest BCUT2D eigenvalue weighted by Gasteiger charge is 2.06. The molecule has 1 heterocycles. The molecule has 4 nitrogen and oxygen atoms in total. The van der Waals surface area contributed by atoms with E-state index >= 15 is 0 Å². The number of nitrogens with one attached hydrogen (secondary N) is 1. The van der Waals surface area contributed by atoms with Gasteiger partial charge in [0.05, 0.1) is 18.7 Å². The van der Waals surface area contributed by atoms with Crippen LogP contribution in [0.15, 0.2) is 30.5 Å². The fraction of sp³-hybridized carbons (Fsp3) is 0.500. The van der Waals surface area contributed by atoms with Gasteiger partial charge in [-0.1, -0.05) is 6.07 Å². The second-order valence-electron chi connectivity index (χ2n) is 4.94. The first-order chi connectivity index (χ1) is 9.76. The van der Waals surface area contributed by atoms with E-state index in [1.807, 2.05) is 19.1 Å². The lowest BCUT2D eigenvalue weighted by atomic mass is 10.2. The van der Waals surface area contributed by atoms with Crippen molar-refractivity contribution in [3.05, 3.63) is 30.5 Å². The van der Waals surface area contributed by atoms with E-state index < -0.39 is 0 Å². The standard InChI is InChI=1S/C16H24N2O2/c1-4-20-16-7-5-6-15-14(16)8-10-18(15)11-9-17-13(2)12-19-3/h5-8,10,13,17H,4,9,11-12H2,1-3H3. The van der Waals surface area contributed by atoms with E-state index in [0.29, 0.717) is 12.6 Å². The molecule has 1 atom stereocenters. The molecule has 0 aliphatic carbocycles. The van der Waals surface area contributed by atoms with Gasteiger partial charge in [0.2, 0.25) is 0 Å². The van der Waals surface area contributed by atoms with Crippen LogP contribution in [0.25, 0.3) is 10.9 Å². The number of hydrogen-bond acceptors (Lipinski definition) is 3. The zero-order valence-corrected chi connectivity index (χ0v) is 12.6. The molecule has 0 fully saturated rings. The molecule has 110 valence electrons. The molecule has 0 radical (unpaired) electrons. The molecule has 4 heteroatoms. The molecule has 20 heavy (non-hydrogen) atoms. The van der Waals surface area contributed by atoms with Gasteiger partial charge >= 0.3 is 0 Å². The Morgan fingerprint density at radius 3 is 2.90 bits per heavy atom. The third-order valence-electron chi connectivity index (χ3n) is 3.34. The first-order valence-corrected chi connectivity index (χ1v) is 7.19. The van der Waals surface area contributed by atoms with Crippen LogP contribution in [0.1, 0.15) is 13.8 Å². The van der Waals surface area contributed by atoms with Crippen molar-refractivity contribution in [1.29, 1.82) is 0 Å². The Bertz CT molecular complexity index is 536. The maximum Gasteiger partial charge on any atom is 0.128 e. The SMILES string of the molecule is CCOc1cccc2c1ccn2CCNC(C)COC. The molecular formula is C16H24N2O2. The van der Waals surface area contributed by atoms with Crippen LogP contribution in [-0.4, -0.2) is 37.5 Å². The van der Waals surface area contributed by atoms with Gasteiger partial charge in [-0.15, -0.1) is 0 Å². The van der Waals surface area contributed by atoms with Crippen LogP contribution >= 0.6 is 0 Å². The second kappa shape index (κ2) is 7.31. The van der Waals surface area contributed by atoms with Gasteiger partial charge in [-0.2, -0.15) is 0 Å². The highest BCUT2D eigenvalue weighted by molar-refractivity contribution is 5.86. The minimum Gasteiger partial charge on any atom is -0.493 e. The van der Waals surface area contributed by atoms with Crippen molar-refractivity contribution in [3.63, 3.8) is 0 Å². The lowest BCUT2D eigenvalue weighted by Crippen LogP contribution is -2.32. The van der Waals surface area contributed by atoms with E-state index in [1.54, 1.807) is 7.11 Å². The highest BCUT2D eigenvalue weighted by Crippen LogP contribution is 2.26. The summed E-state index contributed by atoms with van der Waals surface area (Å²) in [5.74, 6) is 0.962. The minimum atomic E-state index is 0.376. The van der Waals surface area contributed by atoms with Crippen molar-refractivity contribution < 1.29 is 9.47 Å². The Morgan fingerprint density at radius 1 is 1.30 bits per heavy atom. The second-order valence-corrected chi connectivity index (χ2v) is 4.94. The van der Waals surface area contributed by atoms with Gasteiger partial charge in [-0.25, -0.2) is 0 Å². The molecule has 0 aliphatic rings. The number of ether oxygens (including phenoxy) is 2. The largest absolute Gasteiger partial charge is 0.493 e. The molecule has 0 saturated carbocycles. The molecule has 1 aromatic heterocycles. The van der Waals surface area contributed by atoms with E-state index in [2.05, 4.69) is 35.1 Å². The van der Waals surface area contributed by atoms with Gasteiger partial charge in [0.25, 0.3) is 0 Å². The minimum absolute atomic E-state index is 0.376. The van der Waals surface area contributed by atoms with Gasteiger partial charge in [-0.05, 0) is 32.0 Å². The fourth-order valence-corrected chi connectivity index (χ4v) is 2.41. The van der Waals surface area contributed by atoms with Crippen molar-refractivity contribution in [3.8, 4) is 5.75 Å². The molecule has 0 bridgehead atoms. The van der Waals surface area contributed by atoms with Crippen LogP contribution in [0.2, 0.25) is 0 Å². The monoisotopic (exact) mass is 276 g/mol. The van der Waals surface area contributed by atoms with Gasteiger partial charge < -0.3 is 19.4 Å². The smallest absolute Gasteiger partial charge is 0.128 e. The first-order valence-electron chi connectivity index (χ1n) is 7.19. The summed E-state index contributed by atoms with van der Waals surface area (Å²) in [4.78, 5) is 0. The maximum atomic E-state index is 5.66. The Kier molecular flexibility index (Phi) is 5.44. The van der Waals surface area contributed by atoms with Crippen molar-refractivity contribution in [1.82, 2.24) is 9.88 Å². The van der Waals surface area contributed by atoms with Crippen molar-refractivity contribution in [2.24, 2.45) is 0 Å². The number of fused-ring (bicyclic) bond motifs is 1. The predicted molar refractivity (Wildman–Crippen MR) is 82.4 cm³/mol. The van der Waals surface area contributed by atoms with Crippen LogP contribution in [0, 0.1) is 0 Å². The quantitative estimate of drug-likeness (QED) is 0.805. The van der Waals surface area contributed by atoms with E-state index in [4.69, 9.17) is 9.47 Å². The zero-order chi connectivity index (χ0) is 14.4. The molecule has 1 unspecified atom stereocenters. The summed E-state index contributed by atoms with van der Waals surface area (Å²) in [5, 5.41) is 4.63. The third-order valence-corrected chi connectivity index (χ3v) is 3.34. The van der Waals surface area contributed by atoms with Crippen LogP contribution in [-0.2, 0) is 11.3 Å². The maximum absolute atomic E-state index is 5.66. The fourth-order valence-electron chi connectivity index (χ4n) is 2.41. The lowest BCUT2D eigenvalue weighted by Gasteiger charge is -2.13. The van der Waals surface area contributed by atoms with Crippen LogP contribution < -0.4 is 10.1 Å². The number of nitrogens with zero attached hydrogens (tertiary/aromatic N) is 1. The predicted octanol–water partition coefficient (Wildman–Crippen LogP) is 2.66. The van der Waals surface area contributed by atoms with Crippen LogP contribution in [0.5, 0.6) is 5.75 Å². The van der Waals surface area contributed by atoms with Gasteiger partial charge in [0, 0.05) is 37.8 Å². The number of methoxy groups -OCH3 is 1. The van der Waals surface area contributed by atoms with E-state index in [0.717, 1.165) is 25.4 Å². The molecule has 0 aliphatic heterocycles. The Labute approximate surface area is 120 Å². The summed E-state index contributed by atoms with van der Waals surface area (Å²) < 4.78 is 13.0. The molecule has 1 aromatic carbocycles. The average molecular weight is 276 g/mol. The van der Waals surface area contributed by atoms with Crippen molar-refractivity contribution in [2.45, 2.75) is 26.4 Å². The Morgan fingerprint density at radius 2 is 2.15 bits per heavy atom. The summed E-state index contributed by atoms with van der Waals surface area (Å²) in [7, 11) is 1.73. The average Bonchev–Trinajstić information content (AvgIpc) is 2.84. The molecular weight excluding hydrogens is 252 g/mol. The van der Waals surface area contributed by atoms with Crippen molar-refractivity contribution in [2.75, 3.05) is 26.9 Å². The summed E-state index contributed by atoms with van der Waals surface area (Å²) >= 11 is 0. The topological polar surface area (TPSA) is 35.4 Å². The first kappa shape index (κ1) is 14.9. The van der Waals surface area contributed by atoms with E-state index in [1.165, 1.54) is 10.9 Å². The molecule has 2 rings (SSSR count). The normalized spacial score (nSPS) is 12.8. The number of hydrogen-bond donors (Lipinski definition) is 1. The molecule has 1 N–H and O–H groups in total. The zero-order valence-electron chi connectivity index (χ0n) is 12.6. The third kappa shape index (κ3) is 3.52. The molecule has 2 aromatic rings. The van der Waals surface area contributed by atoms with Crippen LogP contribution in [0.3, 0.4) is 0 Å². The number of rotatable bonds is 8. The Balaban J connectivity index is 2.02.